The van der Waals surface area contributed by atoms with Gasteiger partial charge in [-0.3, -0.25) is 15.0 Å². The van der Waals surface area contributed by atoms with Crippen molar-refractivity contribution in [2.24, 2.45) is 0 Å². The number of fused-ring (bicyclic) bond motifs is 1. The molecule has 0 aliphatic carbocycles. The van der Waals surface area contributed by atoms with Crippen LogP contribution in [0, 0.1) is 6.92 Å². The Bertz CT molecular complexity index is 1260. The fourth-order valence-corrected chi connectivity index (χ4v) is 3.20. The molecule has 0 aliphatic rings. The molecule has 28 heavy (non-hydrogen) atoms. The van der Waals surface area contributed by atoms with Crippen molar-refractivity contribution in [3.63, 3.8) is 0 Å². The number of nitrogens with one attached hydrogen (secondary N) is 1. The number of amides is 1. The van der Waals surface area contributed by atoms with E-state index in [-0.39, 0.29) is 5.56 Å². The van der Waals surface area contributed by atoms with Crippen LogP contribution in [0.1, 0.15) is 15.9 Å². The Kier molecular flexibility index (Phi) is 4.67. The van der Waals surface area contributed by atoms with E-state index < -0.39 is 5.91 Å². The molecule has 0 atom stereocenters. The molecule has 0 unspecified atom stereocenters. The van der Waals surface area contributed by atoms with Gasteiger partial charge in [0.05, 0.1) is 10.9 Å². The molecule has 1 N–H and O–H groups in total. The lowest BCUT2D eigenvalue weighted by atomic mass is 10.1. The normalized spacial score (nSPS) is 10.8. The highest BCUT2D eigenvalue weighted by atomic mass is 35.5. The predicted octanol–water partition coefficient (Wildman–Crippen LogP) is 4.41. The Hall–Kier alpha value is -3.44. The van der Waals surface area contributed by atoms with E-state index in [1.54, 1.807) is 60.7 Å². The van der Waals surface area contributed by atoms with Gasteiger partial charge in [0, 0.05) is 16.1 Å². The fraction of sp³-hybridized carbons (Fsp3) is 0.0455. The lowest BCUT2D eigenvalue weighted by molar-refractivity contribution is 0.101. The molecule has 1 heterocycles. The highest BCUT2D eigenvalue weighted by Gasteiger charge is 2.16. The van der Waals surface area contributed by atoms with Gasteiger partial charge in [0.15, 0.2) is 5.82 Å². The summed E-state index contributed by atoms with van der Waals surface area (Å²) in [5, 5.41) is 0.925. The lowest BCUT2D eigenvalue weighted by Gasteiger charge is -2.15. The number of para-hydroxylation sites is 1. The van der Waals surface area contributed by atoms with Gasteiger partial charge in [0.1, 0.15) is 0 Å². The molecule has 1 amide bonds. The molecule has 0 fully saturated rings. The zero-order valence-electron chi connectivity index (χ0n) is 15.0. The monoisotopic (exact) mass is 389 g/mol. The van der Waals surface area contributed by atoms with Gasteiger partial charge in [-0.15, -0.1) is 0 Å². The highest BCUT2D eigenvalue weighted by molar-refractivity contribution is 6.30. The minimum absolute atomic E-state index is 0.312. The summed E-state index contributed by atoms with van der Waals surface area (Å²) in [6.45, 7) is 1.90. The Morgan fingerprint density at radius 3 is 2.57 bits per heavy atom. The molecule has 0 radical (unpaired) electrons. The van der Waals surface area contributed by atoms with Gasteiger partial charge >= 0.3 is 0 Å². The number of halogens is 1. The fourth-order valence-electron chi connectivity index (χ4n) is 3.01. The van der Waals surface area contributed by atoms with Crippen molar-refractivity contribution in [3.05, 3.63) is 99.3 Å². The maximum Gasteiger partial charge on any atom is 0.280 e. The predicted molar refractivity (Wildman–Crippen MR) is 111 cm³/mol. The van der Waals surface area contributed by atoms with Crippen LogP contribution in [0.5, 0.6) is 0 Å². The first-order chi connectivity index (χ1) is 13.5. The number of carbonyl (C=O) groups is 1. The average molecular weight is 390 g/mol. The van der Waals surface area contributed by atoms with Crippen molar-refractivity contribution in [1.29, 1.82) is 0 Å². The van der Waals surface area contributed by atoms with E-state index in [0.717, 1.165) is 5.56 Å². The Labute approximate surface area is 166 Å². The molecule has 0 spiro atoms. The largest absolute Gasteiger partial charge is 0.280 e. The van der Waals surface area contributed by atoms with E-state index in [9.17, 15) is 9.59 Å². The average Bonchev–Trinajstić information content (AvgIpc) is 2.70. The van der Waals surface area contributed by atoms with Gasteiger partial charge in [-0.2, -0.15) is 4.68 Å². The first kappa shape index (κ1) is 17.9. The molecule has 0 saturated carbocycles. The van der Waals surface area contributed by atoms with Crippen LogP contribution in [0.4, 0.5) is 0 Å². The van der Waals surface area contributed by atoms with Gasteiger partial charge in [-0.25, -0.2) is 4.98 Å². The zero-order valence-corrected chi connectivity index (χ0v) is 15.8. The Morgan fingerprint density at radius 2 is 1.79 bits per heavy atom. The number of aryl methyl sites for hydroxylation is 1. The minimum atomic E-state index is -0.397. The lowest BCUT2D eigenvalue weighted by Crippen LogP contribution is -2.35. The number of hydrogen-bond donors (Lipinski definition) is 1. The second-order valence-electron chi connectivity index (χ2n) is 6.41. The smallest absolute Gasteiger partial charge is 0.267 e. The molecular formula is C22H16ClN3O2. The number of nitrogens with zero attached hydrogens (tertiary/aromatic N) is 2. The minimum Gasteiger partial charge on any atom is -0.267 e. The van der Waals surface area contributed by atoms with E-state index in [4.69, 9.17) is 11.6 Å². The van der Waals surface area contributed by atoms with Crippen molar-refractivity contribution in [1.82, 2.24) is 9.66 Å². The quantitative estimate of drug-likeness (QED) is 0.564. The van der Waals surface area contributed by atoms with Crippen molar-refractivity contribution in [3.8, 4) is 11.4 Å². The maximum atomic E-state index is 13.1. The van der Waals surface area contributed by atoms with Crippen LogP contribution in [-0.4, -0.2) is 15.6 Å². The highest BCUT2D eigenvalue weighted by Crippen LogP contribution is 2.21. The summed E-state index contributed by atoms with van der Waals surface area (Å²) in [5.41, 5.74) is 4.91. The molecule has 5 nitrogen and oxygen atoms in total. The van der Waals surface area contributed by atoms with Crippen LogP contribution in [0.15, 0.2) is 77.6 Å². The SMILES string of the molecule is Cc1cccc(C(=O)Nn2c(-c3cccc(Cl)c3)nc3ccccc3c2=O)c1. The maximum absolute atomic E-state index is 13.1. The zero-order chi connectivity index (χ0) is 19.7. The molecule has 138 valence electrons. The van der Waals surface area contributed by atoms with Gasteiger partial charge in [-0.1, -0.05) is 53.6 Å². The Balaban J connectivity index is 1.90. The molecule has 1 aromatic heterocycles. The number of benzene rings is 3. The molecule has 3 aromatic carbocycles. The van der Waals surface area contributed by atoms with E-state index in [2.05, 4.69) is 10.4 Å². The van der Waals surface area contributed by atoms with E-state index in [0.29, 0.717) is 32.9 Å². The topological polar surface area (TPSA) is 64.0 Å². The molecule has 0 bridgehead atoms. The standard InChI is InChI=1S/C22H16ClN3O2/c1-14-6-4-8-16(12-14)21(27)25-26-20(15-7-5-9-17(23)13-15)24-19-11-3-2-10-18(19)22(26)28/h2-13H,1H3,(H,25,27). The van der Waals surface area contributed by atoms with Gasteiger partial charge in [0.25, 0.3) is 11.5 Å². The van der Waals surface area contributed by atoms with Gasteiger partial charge in [0.2, 0.25) is 0 Å². The number of carbonyl (C=O) groups excluding carboxylic acids is 1. The molecule has 4 aromatic rings. The van der Waals surface area contributed by atoms with Crippen molar-refractivity contribution in [2.45, 2.75) is 6.92 Å². The second kappa shape index (κ2) is 7.29. The molecular weight excluding hydrogens is 374 g/mol. The first-order valence-electron chi connectivity index (χ1n) is 8.69. The summed E-state index contributed by atoms with van der Waals surface area (Å²) < 4.78 is 1.18. The van der Waals surface area contributed by atoms with Crippen LogP contribution in [0.2, 0.25) is 5.02 Å². The van der Waals surface area contributed by atoms with E-state index >= 15 is 0 Å². The molecule has 0 saturated heterocycles. The summed E-state index contributed by atoms with van der Waals surface area (Å²) >= 11 is 6.12. The summed E-state index contributed by atoms with van der Waals surface area (Å²) in [4.78, 5) is 30.5. The van der Waals surface area contributed by atoms with Crippen molar-refractivity contribution < 1.29 is 4.79 Å². The molecule has 6 heteroatoms. The first-order valence-corrected chi connectivity index (χ1v) is 9.06. The van der Waals surface area contributed by atoms with Crippen LogP contribution in [0.25, 0.3) is 22.3 Å². The van der Waals surface area contributed by atoms with Crippen LogP contribution >= 0.6 is 11.6 Å². The van der Waals surface area contributed by atoms with Crippen LogP contribution < -0.4 is 11.0 Å². The van der Waals surface area contributed by atoms with Crippen molar-refractivity contribution >= 4 is 28.4 Å². The van der Waals surface area contributed by atoms with E-state index in [1.165, 1.54) is 4.68 Å². The summed E-state index contributed by atoms with van der Waals surface area (Å²) in [6.07, 6.45) is 0. The third-order valence-corrected chi connectivity index (χ3v) is 4.59. The molecule has 4 rings (SSSR count). The van der Waals surface area contributed by atoms with E-state index in [1.807, 2.05) is 19.1 Å². The van der Waals surface area contributed by atoms with Crippen LogP contribution in [-0.2, 0) is 0 Å². The van der Waals surface area contributed by atoms with Crippen molar-refractivity contribution in [2.75, 3.05) is 5.43 Å². The molecule has 0 aliphatic heterocycles. The summed E-state index contributed by atoms with van der Waals surface area (Å²) in [7, 11) is 0. The Morgan fingerprint density at radius 1 is 1.00 bits per heavy atom. The second-order valence-corrected chi connectivity index (χ2v) is 6.85. The third-order valence-electron chi connectivity index (χ3n) is 4.35. The van der Waals surface area contributed by atoms with Gasteiger partial charge < -0.3 is 0 Å². The summed E-state index contributed by atoms with van der Waals surface area (Å²) in [6, 6.07) is 21.2. The van der Waals surface area contributed by atoms with Crippen LogP contribution in [0.3, 0.4) is 0 Å². The number of hydrogen-bond acceptors (Lipinski definition) is 3. The number of rotatable bonds is 3. The third kappa shape index (κ3) is 3.40. The number of aromatic nitrogens is 2. The summed E-state index contributed by atoms with van der Waals surface area (Å²) in [5.74, 6) is -0.0848. The van der Waals surface area contributed by atoms with Gasteiger partial charge in [-0.05, 0) is 43.3 Å².